The SMILES string of the molecule is COc1cccc(COC(C)C(=O)NCCNC(=O)c2cccc(Br)c2)c1. The van der Waals surface area contributed by atoms with Crippen LogP contribution < -0.4 is 15.4 Å². The van der Waals surface area contributed by atoms with Crippen molar-refractivity contribution in [3.05, 3.63) is 64.1 Å². The van der Waals surface area contributed by atoms with Crippen LogP contribution in [0.5, 0.6) is 5.75 Å². The molecule has 0 spiro atoms. The fourth-order valence-electron chi connectivity index (χ4n) is 2.30. The average molecular weight is 435 g/mol. The van der Waals surface area contributed by atoms with Crippen molar-refractivity contribution in [1.82, 2.24) is 10.6 Å². The van der Waals surface area contributed by atoms with Crippen molar-refractivity contribution < 1.29 is 19.1 Å². The van der Waals surface area contributed by atoms with Gasteiger partial charge in [-0.05, 0) is 42.8 Å². The Labute approximate surface area is 167 Å². The van der Waals surface area contributed by atoms with E-state index in [2.05, 4.69) is 26.6 Å². The van der Waals surface area contributed by atoms with E-state index < -0.39 is 6.10 Å². The maximum atomic E-state index is 12.1. The highest BCUT2D eigenvalue weighted by Gasteiger charge is 2.13. The van der Waals surface area contributed by atoms with Crippen LogP contribution in [0.2, 0.25) is 0 Å². The first-order valence-electron chi connectivity index (χ1n) is 8.55. The molecular formula is C20H23BrN2O4. The molecule has 0 aromatic heterocycles. The largest absolute Gasteiger partial charge is 0.497 e. The highest BCUT2D eigenvalue weighted by Crippen LogP contribution is 2.14. The topological polar surface area (TPSA) is 76.7 Å². The van der Waals surface area contributed by atoms with Crippen LogP contribution in [0.4, 0.5) is 0 Å². The van der Waals surface area contributed by atoms with Gasteiger partial charge in [-0.3, -0.25) is 9.59 Å². The Morgan fingerprint density at radius 2 is 1.81 bits per heavy atom. The Kier molecular flexibility index (Phi) is 8.29. The Balaban J connectivity index is 1.68. The quantitative estimate of drug-likeness (QED) is 0.594. The van der Waals surface area contributed by atoms with E-state index in [9.17, 15) is 9.59 Å². The van der Waals surface area contributed by atoms with Gasteiger partial charge in [-0.2, -0.15) is 0 Å². The maximum Gasteiger partial charge on any atom is 0.251 e. The van der Waals surface area contributed by atoms with Crippen molar-refractivity contribution in [1.29, 1.82) is 0 Å². The lowest BCUT2D eigenvalue weighted by atomic mass is 10.2. The van der Waals surface area contributed by atoms with Crippen LogP contribution in [0.1, 0.15) is 22.8 Å². The molecule has 2 amide bonds. The van der Waals surface area contributed by atoms with Gasteiger partial charge in [0.1, 0.15) is 11.9 Å². The van der Waals surface area contributed by atoms with E-state index in [0.29, 0.717) is 25.3 Å². The fraction of sp³-hybridized carbons (Fsp3) is 0.300. The standard InChI is InChI=1S/C20H23BrN2O4/c1-14(27-13-15-5-3-8-18(11-15)26-2)19(24)22-9-10-23-20(25)16-6-4-7-17(21)12-16/h3-8,11-12,14H,9-10,13H2,1-2H3,(H,22,24)(H,23,25). The van der Waals surface area contributed by atoms with Crippen LogP contribution >= 0.6 is 15.9 Å². The van der Waals surface area contributed by atoms with Crippen molar-refractivity contribution in [2.24, 2.45) is 0 Å². The number of hydrogen-bond donors (Lipinski definition) is 2. The monoisotopic (exact) mass is 434 g/mol. The number of amides is 2. The fourth-order valence-corrected chi connectivity index (χ4v) is 2.70. The number of methoxy groups -OCH3 is 1. The van der Waals surface area contributed by atoms with Gasteiger partial charge in [0.25, 0.3) is 5.91 Å². The number of halogens is 1. The summed E-state index contributed by atoms with van der Waals surface area (Å²) in [4.78, 5) is 24.1. The predicted molar refractivity (Wildman–Crippen MR) is 107 cm³/mol. The maximum absolute atomic E-state index is 12.1. The number of benzene rings is 2. The van der Waals surface area contributed by atoms with Crippen LogP contribution in [-0.4, -0.2) is 38.1 Å². The van der Waals surface area contributed by atoms with Gasteiger partial charge >= 0.3 is 0 Å². The molecule has 0 aliphatic rings. The number of nitrogens with one attached hydrogen (secondary N) is 2. The van der Waals surface area contributed by atoms with E-state index in [0.717, 1.165) is 15.8 Å². The van der Waals surface area contributed by atoms with Crippen LogP contribution in [0.25, 0.3) is 0 Å². The van der Waals surface area contributed by atoms with E-state index in [1.165, 1.54) is 0 Å². The van der Waals surface area contributed by atoms with Crippen molar-refractivity contribution in [2.75, 3.05) is 20.2 Å². The molecule has 0 saturated carbocycles. The molecular weight excluding hydrogens is 412 g/mol. The summed E-state index contributed by atoms with van der Waals surface area (Å²) in [5, 5.41) is 5.51. The van der Waals surface area contributed by atoms with E-state index >= 15 is 0 Å². The molecule has 0 bridgehead atoms. The average Bonchev–Trinajstić information content (AvgIpc) is 2.69. The molecule has 1 atom stereocenters. The van der Waals surface area contributed by atoms with Gasteiger partial charge in [-0.1, -0.05) is 34.1 Å². The zero-order valence-corrected chi connectivity index (χ0v) is 16.9. The van der Waals surface area contributed by atoms with E-state index in [1.807, 2.05) is 30.3 Å². The number of carbonyl (C=O) groups excluding carboxylic acids is 2. The zero-order chi connectivity index (χ0) is 19.6. The van der Waals surface area contributed by atoms with Crippen molar-refractivity contribution in [2.45, 2.75) is 19.6 Å². The first-order valence-corrected chi connectivity index (χ1v) is 9.35. The van der Waals surface area contributed by atoms with Gasteiger partial charge in [0.05, 0.1) is 13.7 Å². The first kappa shape index (κ1) is 20.9. The van der Waals surface area contributed by atoms with Crippen LogP contribution in [0.15, 0.2) is 53.0 Å². The summed E-state index contributed by atoms with van der Waals surface area (Å²) in [6.07, 6.45) is -0.600. The second kappa shape index (κ2) is 10.7. The second-order valence-electron chi connectivity index (χ2n) is 5.86. The molecule has 27 heavy (non-hydrogen) atoms. The second-order valence-corrected chi connectivity index (χ2v) is 6.78. The number of hydrogen-bond acceptors (Lipinski definition) is 4. The van der Waals surface area contributed by atoms with Crippen LogP contribution in [0.3, 0.4) is 0 Å². The Hall–Kier alpha value is -2.38. The molecule has 0 radical (unpaired) electrons. The number of rotatable bonds is 9. The molecule has 2 rings (SSSR count). The molecule has 6 nitrogen and oxygen atoms in total. The Morgan fingerprint density at radius 3 is 2.56 bits per heavy atom. The number of carbonyl (C=O) groups is 2. The molecule has 2 aromatic rings. The summed E-state index contributed by atoms with van der Waals surface area (Å²) < 4.78 is 11.6. The molecule has 2 aromatic carbocycles. The third kappa shape index (κ3) is 7.03. The van der Waals surface area contributed by atoms with E-state index in [-0.39, 0.29) is 11.8 Å². The lowest BCUT2D eigenvalue weighted by molar-refractivity contribution is -0.132. The lowest BCUT2D eigenvalue weighted by Crippen LogP contribution is -2.39. The minimum atomic E-state index is -0.600. The summed E-state index contributed by atoms with van der Waals surface area (Å²) in [6.45, 7) is 2.66. The smallest absolute Gasteiger partial charge is 0.251 e. The normalized spacial score (nSPS) is 11.5. The summed E-state index contributed by atoms with van der Waals surface area (Å²) in [7, 11) is 1.60. The summed E-state index contributed by atoms with van der Waals surface area (Å²) in [6, 6.07) is 14.6. The molecule has 0 heterocycles. The predicted octanol–water partition coefficient (Wildman–Crippen LogP) is 2.91. The summed E-state index contributed by atoms with van der Waals surface area (Å²) in [5.74, 6) is 0.330. The van der Waals surface area contributed by atoms with E-state index in [1.54, 1.807) is 32.2 Å². The van der Waals surface area contributed by atoms with Gasteiger partial charge in [0.2, 0.25) is 5.91 Å². The van der Waals surface area contributed by atoms with Gasteiger partial charge in [0, 0.05) is 23.1 Å². The van der Waals surface area contributed by atoms with Crippen molar-refractivity contribution in [3.8, 4) is 5.75 Å². The molecule has 0 saturated heterocycles. The molecule has 7 heteroatoms. The minimum Gasteiger partial charge on any atom is -0.497 e. The first-order chi connectivity index (χ1) is 13.0. The Morgan fingerprint density at radius 1 is 1.07 bits per heavy atom. The summed E-state index contributed by atoms with van der Waals surface area (Å²) >= 11 is 3.33. The van der Waals surface area contributed by atoms with Gasteiger partial charge in [-0.15, -0.1) is 0 Å². The van der Waals surface area contributed by atoms with Gasteiger partial charge in [0.15, 0.2) is 0 Å². The molecule has 0 fully saturated rings. The third-order valence-corrected chi connectivity index (χ3v) is 4.29. The van der Waals surface area contributed by atoms with Crippen LogP contribution in [-0.2, 0) is 16.1 Å². The highest BCUT2D eigenvalue weighted by atomic mass is 79.9. The van der Waals surface area contributed by atoms with Crippen molar-refractivity contribution in [3.63, 3.8) is 0 Å². The number of ether oxygens (including phenoxy) is 2. The minimum absolute atomic E-state index is 0.187. The van der Waals surface area contributed by atoms with Crippen LogP contribution in [0, 0.1) is 0 Å². The van der Waals surface area contributed by atoms with E-state index in [4.69, 9.17) is 9.47 Å². The molecule has 0 aliphatic heterocycles. The lowest BCUT2D eigenvalue weighted by Gasteiger charge is -2.14. The zero-order valence-electron chi connectivity index (χ0n) is 15.3. The molecule has 0 aliphatic carbocycles. The van der Waals surface area contributed by atoms with Gasteiger partial charge in [-0.25, -0.2) is 0 Å². The molecule has 1 unspecified atom stereocenters. The van der Waals surface area contributed by atoms with Gasteiger partial charge < -0.3 is 20.1 Å². The third-order valence-electron chi connectivity index (χ3n) is 3.80. The summed E-state index contributed by atoms with van der Waals surface area (Å²) in [5.41, 5.74) is 1.49. The van der Waals surface area contributed by atoms with Crippen molar-refractivity contribution >= 4 is 27.7 Å². The Bertz CT molecular complexity index is 782. The molecule has 2 N–H and O–H groups in total. The highest BCUT2D eigenvalue weighted by molar-refractivity contribution is 9.10. The molecule has 144 valence electrons.